The first-order valence-electron chi connectivity index (χ1n) is 6.35. The lowest BCUT2D eigenvalue weighted by molar-refractivity contribution is 0.104. The summed E-state index contributed by atoms with van der Waals surface area (Å²) in [4.78, 5) is 12.1. The fourth-order valence-electron chi connectivity index (χ4n) is 1.94. The van der Waals surface area contributed by atoms with Gasteiger partial charge in [-0.1, -0.05) is 17.7 Å². The Kier molecular flexibility index (Phi) is 3.79. The van der Waals surface area contributed by atoms with E-state index >= 15 is 0 Å². The van der Waals surface area contributed by atoms with Gasteiger partial charge in [0.15, 0.2) is 17.3 Å². The summed E-state index contributed by atoms with van der Waals surface area (Å²) in [5.74, 6) is 1.13. The maximum Gasteiger partial charge on any atom is 0.231 e. The van der Waals surface area contributed by atoms with Crippen molar-refractivity contribution in [2.45, 2.75) is 0 Å². The number of carbonyl (C=O) groups excluding carboxylic acids is 1. The molecule has 0 spiro atoms. The van der Waals surface area contributed by atoms with Crippen LogP contribution in [0.1, 0.15) is 10.4 Å². The molecule has 0 saturated heterocycles. The monoisotopic (exact) mass is 301 g/mol. The van der Waals surface area contributed by atoms with E-state index in [0.29, 0.717) is 22.1 Å². The van der Waals surface area contributed by atoms with Crippen LogP contribution in [0.25, 0.3) is 0 Å². The van der Waals surface area contributed by atoms with Gasteiger partial charge in [0, 0.05) is 28.5 Å². The van der Waals surface area contributed by atoms with Crippen molar-refractivity contribution in [3.63, 3.8) is 0 Å². The molecule has 1 heterocycles. The van der Waals surface area contributed by atoms with Crippen LogP contribution in [0.15, 0.2) is 54.7 Å². The molecule has 5 heteroatoms. The smallest absolute Gasteiger partial charge is 0.231 e. The van der Waals surface area contributed by atoms with Gasteiger partial charge >= 0.3 is 0 Å². The molecule has 1 N–H and O–H groups in total. The van der Waals surface area contributed by atoms with E-state index < -0.39 is 0 Å². The highest BCUT2D eigenvalue weighted by atomic mass is 35.5. The molecule has 1 aliphatic rings. The molecule has 0 unspecified atom stereocenters. The number of hydrogen-bond donors (Lipinski definition) is 1. The second-order valence-electron chi connectivity index (χ2n) is 4.42. The average molecular weight is 302 g/mol. The van der Waals surface area contributed by atoms with Gasteiger partial charge < -0.3 is 14.8 Å². The van der Waals surface area contributed by atoms with Crippen LogP contribution in [0.5, 0.6) is 11.5 Å². The summed E-state index contributed by atoms with van der Waals surface area (Å²) in [6.07, 6.45) is 3.04. The number of fused-ring (bicyclic) bond motifs is 1. The minimum Gasteiger partial charge on any atom is -0.454 e. The van der Waals surface area contributed by atoms with Crippen molar-refractivity contribution in [1.29, 1.82) is 0 Å². The fourth-order valence-corrected chi connectivity index (χ4v) is 2.13. The van der Waals surface area contributed by atoms with Crippen molar-refractivity contribution < 1.29 is 14.3 Å². The number of benzene rings is 2. The molecule has 0 atom stereocenters. The Morgan fingerprint density at radius 1 is 1.14 bits per heavy atom. The van der Waals surface area contributed by atoms with E-state index in [1.54, 1.807) is 36.5 Å². The van der Waals surface area contributed by atoms with Gasteiger partial charge in [-0.15, -0.1) is 0 Å². The Hall–Kier alpha value is -2.46. The molecule has 0 aliphatic carbocycles. The molecule has 0 radical (unpaired) electrons. The second kappa shape index (κ2) is 5.89. The van der Waals surface area contributed by atoms with Gasteiger partial charge in [-0.3, -0.25) is 4.79 Å². The number of halogens is 1. The number of rotatable bonds is 4. The summed E-state index contributed by atoms with van der Waals surface area (Å²) in [6.45, 7) is 0.194. The first-order chi connectivity index (χ1) is 10.2. The Balaban J connectivity index is 1.67. The topological polar surface area (TPSA) is 47.6 Å². The van der Waals surface area contributed by atoms with Crippen molar-refractivity contribution in [3.8, 4) is 11.5 Å². The third-order valence-electron chi connectivity index (χ3n) is 2.97. The van der Waals surface area contributed by atoms with E-state index in [0.717, 1.165) is 5.69 Å². The van der Waals surface area contributed by atoms with E-state index in [9.17, 15) is 4.79 Å². The minimum absolute atomic E-state index is 0.122. The number of allylic oxidation sites excluding steroid dienone is 1. The summed E-state index contributed by atoms with van der Waals surface area (Å²) < 4.78 is 10.5. The Bertz CT molecular complexity index is 712. The lowest BCUT2D eigenvalue weighted by Crippen LogP contribution is -1.96. The highest BCUT2D eigenvalue weighted by Crippen LogP contribution is 2.32. The molecule has 1 aliphatic heterocycles. The Labute approximate surface area is 126 Å². The number of hydrogen-bond acceptors (Lipinski definition) is 4. The molecular formula is C16H12ClNO3. The number of ketones is 1. The standard InChI is InChI=1S/C16H12ClNO3/c17-12-2-1-3-13(9-12)18-7-6-14(19)11-4-5-15-16(8-11)21-10-20-15/h1-9,18H,10H2/b7-6+. The lowest BCUT2D eigenvalue weighted by atomic mass is 10.1. The molecule has 2 aromatic carbocycles. The van der Waals surface area contributed by atoms with Gasteiger partial charge in [-0.2, -0.15) is 0 Å². The number of ether oxygens (including phenoxy) is 2. The van der Waals surface area contributed by atoms with Crippen LogP contribution < -0.4 is 14.8 Å². The zero-order valence-electron chi connectivity index (χ0n) is 11.0. The molecule has 0 fully saturated rings. The third-order valence-corrected chi connectivity index (χ3v) is 3.20. The predicted molar refractivity (Wildman–Crippen MR) is 81.1 cm³/mol. The van der Waals surface area contributed by atoms with E-state index in [1.807, 2.05) is 12.1 Å². The molecule has 2 aromatic rings. The van der Waals surface area contributed by atoms with Crippen molar-refractivity contribution in [2.75, 3.05) is 12.1 Å². The van der Waals surface area contributed by atoms with Crippen LogP contribution in [-0.2, 0) is 0 Å². The molecule has 3 rings (SSSR count). The number of anilines is 1. The molecule has 0 amide bonds. The maximum absolute atomic E-state index is 12.1. The quantitative estimate of drug-likeness (QED) is 0.688. The van der Waals surface area contributed by atoms with E-state index in [-0.39, 0.29) is 12.6 Å². The van der Waals surface area contributed by atoms with Crippen LogP contribution >= 0.6 is 11.6 Å². The number of carbonyl (C=O) groups is 1. The van der Waals surface area contributed by atoms with Crippen LogP contribution in [0.2, 0.25) is 5.02 Å². The SMILES string of the molecule is O=C(/C=C/Nc1cccc(Cl)c1)c1ccc2c(c1)OCO2. The van der Waals surface area contributed by atoms with E-state index in [4.69, 9.17) is 21.1 Å². The Morgan fingerprint density at radius 3 is 2.86 bits per heavy atom. The van der Waals surface area contributed by atoms with Crippen molar-refractivity contribution in [2.24, 2.45) is 0 Å². The van der Waals surface area contributed by atoms with Gasteiger partial charge in [0.2, 0.25) is 6.79 Å². The summed E-state index contributed by atoms with van der Waals surface area (Å²) in [5, 5.41) is 3.63. The van der Waals surface area contributed by atoms with Crippen LogP contribution in [0.4, 0.5) is 5.69 Å². The molecule has 21 heavy (non-hydrogen) atoms. The predicted octanol–water partition coefficient (Wildman–Crippen LogP) is 3.88. The van der Waals surface area contributed by atoms with Crippen LogP contribution in [-0.4, -0.2) is 12.6 Å². The highest BCUT2D eigenvalue weighted by molar-refractivity contribution is 6.30. The first-order valence-corrected chi connectivity index (χ1v) is 6.73. The van der Waals surface area contributed by atoms with Crippen molar-refractivity contribution >= 4 is 23.1 Å². The molecule has 0 aromatic heterocycles. The molecule has 4 nitrogen and oxygen atoms in total. The van der Waals surface area contributed by atoms with Gasteiger partial charge in [0.25, 0.3) is 0 Å². The minimum atomic E-state index is -0.122. The molecule has 106 valence electrons. The molecule has 0 bridgehead atoms. The lowest BCUT2D eigenvalue weighted by Gasteiger charge is -2.01. The summed E-state index contributed by atoms with van der Waals surface area (Å²) in [7, 11) is 0. The molecule has 0 saturated carbocycles. The fraction of sp³-hybridized carbons (Fsp3) is 0.0625. The van der Waals surface area contributed by atoms with Crippen LogP contribution in [0.3, 0.4) is 0 Å². The summed E-state index contributed by atoms with van der Waals surface area (Å²) >= 11 is 5.88. The Morgan fingerprint density at radius 2 is 2.00 bits per heavy atom. The number of nitrogens with one attached hydrogen (secondary N) is 1. The molecular weight excluding hydrogens is 290 g/mol. The highest BCUT2D eigenvalue weighted by Gasteiger charge is 2.14. The van der Waals surface area contributed by atoms with Crippen molar-refractivity contribution in [1.82, 2.24) is 0 Å². The van der Waals surface area contributed by atoms with Gasteiger partial charge in [0.1, 0.15) is 0 Å². The van der Waals surface area contributed by atoms with E-state index in [2.05, 4.69) is 5.32 Å². The normalized spacial score (nSPS) is 12.6. The summed E-state index contributed by atoms with van der Waals surface area (Å²) in [5.41, 5.74) is 1.36. The first kappa shape index (κ1) is 13.5. The van der Waals surface area contributed by atoms with E-state index in [1.165, 1.54) is 6.08 Å². The third kappa shape index (κ3) is 3.17. The van der Waals surface area contributed by atoms with Gasteiger partial charge in [-0.05, 0) is 36.4 Å². The van der Waals surface area contributed by atoms with Gasteiger partial charge in [-0.25, -0.2) is 0 Å². The van der Waals surface area contributed by atoms with Gasteiger partial charge in [0.05, 0.1) is 0 Å². The second-order valence-corrected chi connectivity index (χ2v) is 4.86. The summed E-state index contributed by atoms with van der Waals surface area (Å²) in [6, 6.07) is 12.4. The zero-order valence-corrected chi connectivity index (χ0v) is 11.8. The average Bonchev–Trinajstić information content (AvgIpc) is 2.94. The van der Waals surface area contributed by atoms with Crippen molar-refractivity contribution in [3.05, 3.63) is 65.3 Å². The largest absolute Gasteiger partial charge is 0.454 e. The maximum atomic E-state index is 12.1. The zero-order chi connectivity index (χ0) is 14.7. The van der Waals surface area contributed by atoms with Crippen LogP contribution in [0, 0.1) is 0 Å².